The molecule has 0 aromatic carbocycles. The van der Waals surface area contributed by atoms with Gasteiger partial charge in [0.05, 0.1) is 11.3 Å². The second kappa shape index (κ2) is 6.60. The van der Waals surface area contributed by atoms with Gasteiger partial charge in [-0.2, -0.15) is 0 Å². The van der Waals surface area contributed by atoms with Crippen LogP contribution in [0.15, 0.2) is 0 Å². The molecule has 0 saturated heterocycles. The lowest BCUT2D eigenvalue weighted by Crippen LogP contribution is -3.00. The van der Waals surface area contributed by atoms with Crippen molar-refractivity contribution in [3.63, 3.8) is 0 Å². The summed E-state index contributed by atoms with van der Waals surface area (Å²) in [6, 6.07) is 0. The minimum atomic E-state index is -0.593. The van der Waals surface area contributed by atoms with Crippen molar-refractivity contribution in [1.82, 2.24) is 0 Å². The molecule has 0 radical (unpaired) electrons. The van der Waals surface area contributed by atoms with Gasteiger partial charge in [-0.3, -0.25) is 0 Å². The SMILES string of the molecule is C[P+](C)(C1CCCCC1)C1CCCCC1.[Cl-]. The normalized spacial score (nSPS) is 25.1. The third-order valence-corrected chi connectivity index (χ3v) is 9.83. The van der Waals surface area contributed by atoms with Gasteiger partial charge in [0.1, 0.15) is 0 Å². The van der Waals surface area contributed by atoms with E-state index in [0.717, 1.165) is 11.3 Å². The first-order valence-corrected chi connectivity index (χ1v) is 9.87. The van der Waals surface area contributed by atoms with Crippen LogP contribution in [-0.2, 0) is 0 Å². The van der Waals surface area contributed by atoms with Crippen LogP contribution in [0.4, 0.5) is 0 Å². The highest BCUT2D eigenvalue weighted by Gasteiger charge is 2.44. The lowest BCUT2D eigenvalue weighted by Gasteiger charge is -2.38. The molecule has 0 aliphatic heterocycles. The van der Waals surface area contributed by atoms with E-state index < -0.39 is 7.26 Å². The van der Waals surface area contributed by atoms with Crippen molar-refractivity contribution in [2.75, 3.05) is 13.3 Å². The minimum Gasteiger partial charge on any atom is -1.00 e. The molecular formula is C14H28ClP. The zero-order chi connectivity index (χ0) is 10.7. The van der Waals surface area contributed by atoms with E-state index in [9.17, 15) is 0 Å². The molecule has 2 heteroatoms. The Hall–Kier alpha value is 0.720. The van der Waals surface area contributed by atoms with Gasteiger partial charge in [0.25, 0.3) is 0 Å². The Bertz CT molecular complexity index is 171. The molecule has 96 valence electrons. The standard InChI is InChI=1S/C14H28P.ClH/c1-15(2,13-9-5-3-6-10-13)14-11-7-4-8-12-14;/h13-14H,3-12H2,1-2H3;1H/q+1;/p-1. The van der Waals surface area contributed by atoms with E-state index in [2.05, 4.69) is 13.3 Å². The molecule has 0 unspecified atom stereocenters. The van der Waals surface area contributed by atoms with Crippen LogP contribution >= 0.6 is 7.26 Å². The van der Waals surface area contributed by atoms with Crippen LogP contribution in [0, 0.1) is 0 Å². The molecule has 0 aromatic heterocycles. The maximum atomic E-state index is 2.68. The second-order valence-electron chi connectivity index (χ2n) is 6.21. The molecule has 2 saturated carbocycles. The highest BCUT2D eigenvalue weighted by atomic mass is 35.5. The monoisotopic (exact) mass is 262 g/mol. The molecule has 0 amide bonds. The van der Waals surface area contributed by atoms with Crippen LogP contribution in [-0.4, -0.2) is 24.6 Å². The molecular weight excluding hydrogens is 235 g/mol. The summed E-state index contributed by atoms with van der Waals surface area (Å²) in [7, 11) is -0.593. The van der Waals surface area contributed by atoms with Crippen molar-refractivity contribution in [2.45, 2.75) is 75.5 Å². The zero-order valence-corrected chi connectivity index (χ0v) is 12.7. The average Bonchev–Trinajstić information content (AvgIpc) is 2.31. The Morgan fingerprint density at radius 3 is 1.25 bits per heavy atom. The van der Waals surface area contributed by atoms with Crippen LogP contribution < -0.4 is 12.4 Å². The minimum absolute atomic E-state index is 0. The summed E-state index contributed by atoms with van der Waals surface area (Å²) in [5.74, 6) is 0. The Kier molecular flexibility index (Phi) is 6.10. The third kappa shape index (κ3) is 3.36. The van der Waals surface area contributed by atoms with Crippen LogP contribution in [0.5, 0.6) is 0 Å². The largest absolute Gasteiger partial charge is 1.00 e. The quantitative estimate of drug-likeness (QED) is 0.668. The Balaban J connectivity index is 0.00000128. The third-order valence-electron chi connectivity index (χ3n) is 5.03. The molecule has 16 heavy (non-hydrogen) atoms. The lowest BCUT2D eigenvalue weighted by molar-refractivity contribution is -0.00000336. The summed E-state index contributed by atoms with van der Waals surface area (Å²) in [4.78, 5) is 0. The van der Waals surface area contributed by atoms with Gasteiger partial charge in [0.15, 0.2) is 0 Å². The average molecular weight is 263 g/mol. The van der Waals surface area contributed by atoms with E-state index in [1.54, 1.807) is 25.7 Å². The molecule has 2 fully saturated rings. The van der Waals surface area contributed by atoms with Gasteiger partial charge in [-0.05, 0) is 51.4 Å². The van der Waals surface area contributed by atoms with E-state index in [1.807, 2.05) is 0 Å². The Labute approximate surface area is 109 Å². The van der Waals surface area contributed by atoms with Crippen molar-refractivity contribution < 1.29 is 12.4 Å². The first-order valence-electron chi connectivity index (χ1n) is 7.04. The Morgan fingerprint density at radius 1 is 0.625 bits per heavy atom. The molecule has 0 atom stereocenters. The second-order valence-corrected chi connectivity index (χ2v) is 10.9. The fourth-order valence-corrected chi connectivity index (χ4v) is 7.78. The zero-order valence-electron chi connectivity index (χ0n) is 11.1. The Morgan fingerprint density at radius 2 is 0.938 bits per heavy atom. The number of hydrogen-bond donors (Lipinski definition) is 0. The lowest BCUT2D eigenvalue weighted by atomic mass is 9.99. The van der Waals surface area contributed by atoms with Crippen molar-refractivity contribution in [3.8, 4) is 0 Å². The van der Waals surface area contributed by atoms with Crippen molar-refractivity contribution >= 4 is 7.26 Å². The molecule has 0 heterocycles. The van der Waals surface area contributed by atoms with Crippen molar-refractivity contribution in [3.05, 3.63) is 0 Å². The maximum Gasteiger partial charge on any atom is 0.0695 e. The van der Waals surface area contributed by atoms with Crippen LogP contribution in [0.25, 0.3) is 0 Å². The number of rotatable bonds is 2. The molecule has 0 nitrogen and oxygen atoms in total. The van der Waals surface area contributed by atoms with Crippen molar-refractivity contribution in [2.24, 2.45) is 0 Å². The van der Waals surface area contributed by atoms with E-state index in [1.165, 1.54) is 38.5 Å². The summed E-state index contributed by atoms with van der Waals surface area (Å²) in [5.41, 5.74) is 2.30. The van der Waals surface area contributed by atoms with Crippen molar-refractivity contribution in [1.29, 1.82) is 0 Å². The van der Waals surface area contributed by atoms with E-state index >= 15 is 0 Å². The first kappa shape index (κ1) is 14.8. The van der Waals surface area contributed by atoms with Gasteiger partial charge in [-0.15, -0.1) is 0 Å². The van der Waals surface area contributed by atoms with E-state index in [4.69, 9.17) is 0 Å². The highest BCUT2D eigenvalue weighted by molar-refractivity contribution is 7.75. The fourth-order valence-electron chi connectivity index (χ4n) is 3.79. The molecule has 0 aromatic rings. The number of halogens is 1. The number of hydrogen-bond acceptors (Lipinski definition) is 0. The summed E-state index contributed by atoms with van der Waals surface area (Å²) in [6.45, 7) is 5.36. The van der Waals surface area contributed by atoms with Gasteiger partial charge in [0, 0.05) is 20.6 Å². The van der Waals surface area contributed by atoms with E-state index in [-0.39, 0.29) is 12.4 Å². The van der Waals surface area contributed by atoms with Crippen LogP contribution in [0.1, 0.15) is 64.2 Å². The topological polar surface area (TPSA) is 0 Å². The molecule has 0 N–H and O–H groups in total. The van der Waals surface area contributed by atoms with Gasteiger partial charge in [-0.25, -0.2) is 0 Å². The van der Waals surface area contributed by atoms with Gasteiger partial charge < -0.3 is 12.4 Å². The van der Waals surface area contributed by atoms with Gasteiger partial charge in [-0.1, -0.05) is 12.8 Å². The molecule has 0 spiro atoms. The maximum absolute atomic E-state index is 2.68. The molecule has 2 rings (SSSR count). The summed E-state index contributed by atoms with van der Waals surface area (Å²) in [6.07, 6.45) is 15.4. The van der Waals surface area contributed by atoms with Gasteiger partial charge >= 0.3 is 0 Å². The highest BCUT2D eigenvalue weighted by Crippen LogP contribution is 2.66. The molecule has 0 bridgehead atoms. The van der Waals surface area contributed by atoms with Crippen LogP contribution in [0.3, 0.4) is 0 Å². The predicted molar refractivity (Wildman–Crippen MR) is 72.5 cm³/mol. The summed E-state index contributed by atoms with van der Waals surface area (Å²) < 4.78 is 0. The predicted octanol–water partition coefficient (Wildman–Crippen LogP) is 1.93. The first-order chi connectivity index (χ1) is 7.21. The molecule has 2 aliphatic carbocycles. The van der Waals surface area contributed by atoms with Crippen LogP contribution in [0.2, 0.25) is 0 Å². The fraction of sp³-hybridized carbons (Fsp3) is 1.00. The van der Waals surface area contributed by atoms with E-state index in [0.29, 0.717) is 0 Å². The smallest absolute Gasteiger partial charge is 0.0695 e. The molecule has 2 aliphatic rings. The summed E-state index contributed by atoms with van der Waals surface area (Å²) >= 11 is 0. The van der Waals surface area contributed by atoms with Gasteiger partial charge in [0.2, 0.25) is 0 Å². The summed E-state index contributed by atoms with van der Waals surface area (Å²) in [5, 5.41) is 0.